The predicted octanol–water partition coefficient (Wildman–Crippen LogP) is 5.39. The molecule has 1 fully saturated rings. The maximum atomic E-state index is 13.2. The van der Waals surface area contributed by atoms with E-state index in [1.807, 2.05) is 12.1 Å². The Bertz CT molecular complexity index is 1500. The lowest BCUT2D eigenvalue weighted by atomic mass is 10.1. The Morgan fingerprint density at radius 1 is 1.03 bits per heavy atom. The Morgan fingerprint density at radius 2 is 1.81 bits per heavy atom. The summed E-state index contributed by atoms with van der Waals surface area (Å²) in [4.78, 5) is 55.9. The Balaban J connectivity index is 1.29. The first-order valence-electron chi connectivity index (χ1n) is 11.1. The summed E-state index contributed by atoms with van der Waals surface area (Å²) >= 11 is 4.46. The maximum Gasteiger partial charge on any atom is 0.339 e. The van der Waals surface area contributed by atoms with Crippen LogP contribution in [0.4, 0.5) is 5.69 Å². The Labute approximate surface area is 218 Å². The van der Waals surface area contributed by atoms with Crippen LogP contribution in [-0.4, -0.2) is 40.4 Å². The minimum absolute atomic E-state index is 0.0116. The van der Waals surface area contributed by atoms with Crippen LogP contribution in [-0.2, 0) is 14.3 Å². The van der Waals surface area contributed by atoms with Gasteiger partial charge in [-0.15, -0.1) is 11.8 Å². The minimum Gasteiger partial charge on any atom is -0.454 e. The first-order valence-corrected chi connectivity index (χ1v) is 12.7. The molecule has 0 aliphatic carbocycles. The number of rotatable bonds is 7. The number of benzene rings is 3. The number of Topliss-reactive ketones (excluding diaryl/α,β-unsaturated/α-hetero) is 1. The SMILES string of the molecule is O=C(COC(=O)c1ccccc1SC1CC(=O)N(c2ccc3cc[nH]c3c2)C1=O)c1ccc(Br)cc1. The number of carbonyl (C=O) groups excluding carboxylic acids is 4. The second-order valence-electron chi connectivity index (χ2n) is 8.13. The molecule has 1 aromatic heterocycles. The van der Waals surface area contributed by atoms with Crippen molar-refractivity contribution in [2.24, 2.45) is 0 Å². The quantitative estimate of drug-likeness (QED) is 0.184. The predicted molar refractivity (Wildman–Crippen MR) is 140 cm³/mol. The molecule has 9 heteroatoms. The molecule has 1 N–H and O–H groups in total. The summed E-state index contributed by atoms with van der Waals surface area (Å²) < 4.78 is 6.11. The summed E-state index contributed by atoms with van der Waals surface area (Å²) in [5.41, 5.74) is 2.00. The fraction of sp³-hybridized carbons (Fsp3) is 0.111. The number of hydrogen-bond donors (Lipinski definition) is 1. The van der Waals surface area contributed by atoms with Gasteiger partial charge in [0.1, 0.15) is 0 Å². The number of aromatic amines is 1. The number of hydrogen-bond acceptors (Lipinski definition) is 6. The number of nitrogens with zero attached hydrogens (tertiary/aromatic N) is 1. The average molecular weight is 563 g/mol. The van der Waals surface area contributed by atoms with Crippen LogP contribution in [0.1, 0.15) is 27.1 Å². The van der Waals surface area contributed by atoms with E-state index in [2.05, 4.69) is 20.9 Å². The molecule has 2 heterocycles. The molecule has 1 saturated heterocycles. The monoisotopic (exact) mass is 562 g/mol. The molecule has 180 valence electrons. The zero-order valence-electron chi connectivity index (χ0n) is 18.8. The molecule has 1 aliphatic rings. The summed E-state index contributed by atoms with van der Waals surface area (Å²) in [7, 11) is 0. The molecule has 1 unspecified atom stereocenters. The van der Waals surface area contributed by atoms with Crippen molar-refractivity contribution in [2.45, 2.75) is 16.6 Å². The molecule has 7 nitrogen and oxygen atoms in total. The van der Waals surface area contributed by atoms with E-state index in [1.54, 1.807) is 66.9 Å². The molecule has 0 saturated carbocycles. The second kappa shape index (κ2) is 10.1. The van der Waals surface area contributed by atoms with Gasteiger partial charge in [-0.05, 0) is 47.9 Å². The van der Waals surface area contributed by atoms with Gasteiger partial charge >= 0.3 is 5.97 Å². The molecular formula is C27H19BrN2O5S. The van der Waals surface area contributed by atoms with Gasteiger partial charge in [-0.1, -0.05) is 46.3 Å². The van der Waals surface area contributed by atoms with Crippen molar-refractivity contribution >= 4 is 67.8 Å². The highest BCUT2D eigenvalue weighted by Crippen LogP contribution is 2.36. The topological polar surface area (TPSA) is 96.5 Å². The third kappa shape index (κ3) is 4.84. The number of amides is 2. The number of aromatic nitrogens is 1. The van der Waals surface area contributed by atoms with Crippen LogP contribution in [0, 0.1) is 0 Å². The number of fused-ring (bicyclic) bond motifs is 1. The van der Waals surface area contributed by atoms with E-state index in [4.69, 9.17) is 4.74 Å². The van der Waals surface area contributed by atoms with Gasteiger partial charge in [-0.2, -0.15) is 0 Å². The fourth-order valence-electron chi connectivity index (χ4n) is 3.96. The Kier molecular flexibility index (Phi) is 6.75. The number of ketones is 1. The van der Waals surface area contributed by atoms with Crippen LogP contribution in [0.2, 0.25) is 0 Å². The first kappa shape index (κ1) is 24.0. The van der Waals surface area contributed by atoms with Crippen LogP contribution in [0.3, 0.4) is 0 Å². The molecule has 0 bridgehead atoms. The Morgan fingerprint density at radius 3 is 2.61 bits per heavy atom. The van der Waals surface area contributed by atoms with Gasteiger partial charge < -0.3 is 9.72 Å². The van der Waals surface area contributed by atoms with Gasteiger partial charge in [-0.25, -0.2) is 9.69 Å². The number of ether oxygens (including phenoxy) is 1. The van der Waals surface area contributed by atoms with E-state index in [0.717, 1.165) is 27.1 Å². The fourth-order valence-corrected chi connectivity index (χ4v) is 5.40. The number of H-pyrrole nitrogens is 1. The molecule has 0 radical (unpaired) electrons. The molecule has 1 atom stereocenters. The summed E-state index contributed by atoms with van der Waals surface area (Å²) in [5.74, 6) is -1.64. The molecule has 0 spiro atoms. The molecule has 4 aromatic rings. The third-order valence-corrected chi connectivity index (χ3v) is 7.57. The molecule has 36 heavy (non-hydrogen) atoms. The van der Waals surface area contributed by atoms with Gasteiger partial charge in [0.15, 0.2) is 12.4 Å². The van der Waals surface area contributed by atoms with Crippen molar-refractivity contribution in [2.75, 3.05) is 11.5 Å². The molecule has 2 amide bonds. The lowest BCUT2D eigenvalue weighted by molar-refractivity contribution is -0.121. The lowest BCUT2D eigenvalue weighted by Crippen LogP contribution is -2.31. The average Bonchev–Trinajstić information content (AvgIpc) is 3.46. The zero-order valence-corrected chi connectivity index (χ0v) is 21.2. The second-order valence-corrected chi connectivity index (χ2v) is 10.3. The van der Waals surface area contributed by atoms with Crippen molar-refractivity contribution in [3.63, 3.8) is 0 Å². The number of esters is 1. The van der Waals surface area contributed by atoms with Gasteiger partial charge in [0.05, 0.1) is 16.5 Å². The Hall–Kier alpha value is -3.69. The van der Waals surface area contributed by atoms with Crippen LogP contribution in [0.25, 0.3) is 10.9 Å². The highest BCUT2D eigenvalue weighted by molar-refractivity contribution is 9.10. The number of imide groups is 1. The van der Waals surface area contributed by atoms with Crippen LogP contribution < -0.4 is 4.90 Å². The minimum atomic E-state index is -0.685. The van der Waals surface area contributed by atoms with E-state index in [0.29, 0.717) is 16.1 Å². The molecule has 3 aromatic carbocycles. The first-order chi connectivity index (χ1) is 17.4. The van der Waals surface area contributed by atoms with Crippen molar-refractivity contribution < 1.29 is 23.9 Å². The van der Waals surface area contributed by atoms with Gasteiger partial charge in [0, 0.05) is 33.1 Å². The third-order valence-electron chi connectivity index (χ3n) is 5.78. The normalized spacial score (nSPS) is 15.5. The van der Waals surface area contributed by atoms with Gasteiger partial charge in [0.25, 0.3) is 0 Å². The van der Waals surface area contributed by atoms with Crippen LogP contribution >= 0.6 is 27.7 Å². The van der Waals surface area contributed by atoms with E-state index in [1.165, 1.54) is 4.90 Å². The van der Waals surface area contributed by atoms with Crippen molar-refractivity contribution in [3.05, 3.63) is 94.6 Å². The standard InChI is InChI=1S/C27H19BrN2O5S/c28-18-8-5-17(6-9-18)22(31)15-35-27(34)20-3-1-2-4-23(20)36-24-14-25(32)30(26(24)33)19-10-7-16-11-12-29-21(16)13-19/h1-13,24,29H,14-15H2. The van der Waals surface area contributed by atoms with Crippen molar-refractivity contribution in [1.29, 1.82) is 0 Å². The summed E-state index contributed by atoms with van der Waals surface area (Å²) in [6.07, 6.45) is 1.81. The summed E-state index contributed by atoms with van der Waals surface area (Å²) in [6, 6.07) is 20.7. The summed E-state index contributed by atoms with van der Waals surface area (Å²) in [6.45, 7) is -0.407. The molecule has 5 rings (SSSR count). The van der Waals surface area contributed by atoms with E-state index in [9.17, 15) is 19.2 Å². The summed E-state index contributed by atoms with van der Waals surface area (Å²) in [5, 5.41) is 0.296. The van der Waals surface area contributed by atoms with Crippen LogP contribution in [0.5, 0.6) is 0 Å². The van der Waals surface area contributed by atoms with Gasteiger partial charge in [-0.3, -0.25) is 14.4 Å². The highest BCUT2D eigenvalue weighted by atomic mass is 79.9. The number of halogens is 1. The maximum absolute atomic E-state index is 13.2. The smallest absolute Gasteiger partial charge is 0.339 e. The number of thioether (sulfide) groups is 1. The number of carbonyl (C=O) groups is 4. The van der Waals surface area contributed by atoms with Crippen LogP contribution in [0.15, 0.2) is 88.4 Å². The van der Waals surface area contributed by atoms with Crippen molar-refractivity contribution in [1.82, 2.24) is 4.98 Å². The van der Waals surface area contributed by atoms with E-state index in [-0.39, 0.29) is 29.6 Å². The highest BCUT2D eigenvalue weighted by Gasteiger charge is 2.40. The molecule has 1 aliphatic heterocycles. The van der Waals surface area contributed by atoms with Gasteiger partial charge in [0.2, 0.25) is 11.8 Å². The largest absolute Gasteiger partial charge is 0.454 e. The van der Waals surface area contributed by atoms with E-state index >= 15 is 0 Å². The van der Waals surface area contributed by atoms with E-state index < -0.39 is 17.8 Å². The number of anilines is 1. The lowest BCUT2D eigenvalue weighted by Gasteiger charge is -2.16. The van der Waals surface area contributed by atoms with Crippen molar-refractivity contribution in [3.8, 4) is 0 Å². The number of nitrogens with one attached hydrogen (secondary N) is 1. The molecular weight excluding hydrogens is 544 g/mol. The zero-order chi connectivity index (χ0) is 25.2.